The molecule has 17 heavy (non-hydrogen) atoms. The van der Waals surface area contributed by atoms with Gasteiger partial charge in [0.15, 0.2) is 0 Å². The largest absolute Gasteiger partial charge is 0.381 e. The molecule has 1 aliphatic rings. The van der Waals surface area contributed by atoms with Crippen molar-refractivity contribution < 1.29 is 17.9 Å². The maximum Gasteiger partial charge on any atom is 0.237 e. The number of sulfone groups is 1. The van der Waals surface area contributed by atoms with Gasteiger partial charge in [0.2, 0.25) is 5.91 Å². The van der Waals surface area contributed by atoms with Crippen molar-refractivity contribution in [2.75, 3.05) is 19.1 Å². The fraction of sp³-hybridized carbons (Fsp3) is 0.900. The van der Waals surface area contributed by atoms with Crippen molar-refractivity contribution in [2.24, 2.45) is 5.73 Å². The molecule has 1 saturated carbocycles. The summed E-state index contributed by atoms with van der Waals surface area (Å²) in [6.07, 6.45) is 3.09. The molecule has 6 nitrogen and oxygen atoms in total. The molecule has 0 radical (unpaired) electrons. The summed E-state index contributed by atoms with van der Waals surface area (Å²) in [5.41, 5.74) is 5.61. The molecule has 0 aromatic heterocycles. The number of ether oxygens (including phenoxy) is 1. The fourth-order valence-corrected chi connectivity index (χ4v) is 2.34. The van der Waals surface area contributed by atoms with Crippen molar-refractivity contribution in [1.82, 2.24) is 5.32 Å². The third-order valence-corrected chi connectivity index (χ3v) is 3.89. The lowest BCUT2D eigenvalue weighted by Crippen LogP contribution is -2.52. The number of nitrogens with one attached hydrogen (secondary N) is 1. The number of amides is 1. The van der Waals surface area contributed by atoms with Gasteiger partial charge in [-0.05, 0) is 19.3 Å². The molecule has 1 aliphatic carbocycles. The van der Waals surface area contributed by atoms with E-state index in [2.05, 4.69) is 5.32 Å². The van der Waals surface area contributed by atoms with E-state index in [1.54, 1.807) is 7.11 Å². The first-order valence-electron chi connectivity index (χ1n) is 5.58. The fourth-order valence-electron chi connectivity index (χ4n) is 1.66. The minimum Gasteiger partial charge on any atom is -0.381 e. The molecule has 100 valence electrons. The van der Waals surface area contributed by atoms with Crippen molar-refractivity contribution in [3.05, 3.63) is 0 Å². The van der Waals surface area contributed by atoms with Gasteiger partial charge in [-0.3, -0.25) is 4.79 Å². The molecular formula is C10H20N2O4S. The summed E-state index contributed by atoms with van der Waals surface area (Å²) >= 11 is 0. The zero-order chi connectivity index (χ0) is 13.1. The van der Waals surface area contributed by atoms with Crippen molar-refractivity contribution in [3.8, 4) is 0 Å². The highest BCUT2D eigenvalue weighted by Crippen LogP contribution is 2.22. The standard InChI is InChI=1S/C10H20N2O4S/c1-16-8-5-7(6-8)12-10(13)9(11)3-4-17(2,14)15/h7-9H,3-6,11H2,1-2H3,(H,12,13). The minimum atomic E-state index is -3.07. The van der Waals surface area contributed by atoms with Crippen LogP contribution in [0.5, 0.6) is 0 Å². The molecule has 0 bridgehead atoms. The van der Waals surface area contributed by atoms with Crippen molar-refractivity contribution in [1.29, 1.82) is 0 Å². The van der Waals surface area contributed by atoms with Crippen LogP contribution in [0.25, 0.3) is 0 Å². The van der Waals surface area contributed by atoms with Crippen LogP contribution in [0.1, 0.15) is 19.3 Å². The highest BCUT2D eigenvalue weighted by atomic mass is 32.2. The van der Waals surface area contributed by atoms with Gasteiger partial charge >= 0.3 is 0 Å². The first kappa shape index (κ1) is 14.4. The van der Waals surface area contributed by atoms with E-state index in [-0.39, 0.29) is 30.2 Å². The normalized spacial score (nSPS) is 26.1. The van der Waals surface area contributed by atoms with Gasteiger partial charge in [-0.25, -0.2) is 8.42 Å². The number of nitrogens with two attached hydrogens (primary N) is 1. The molecule has 0 aromatic rings. The van der Waals surface area contributed by atoms with Crippen molar-refractivity contribution in [3.63, 3.8) is 0 Å². The van der Waals surface area contributed by atoms with E-state index in [0.29, 0.717) is 0 Å². The predicted octanol–water partition coefficient (Wildman–Crippen LogP) is -0.958. The van der Waals surface area contributed by atoms with Crippen LogP contribution in [0.3, 0.4) is 0 Å². The van der Waals surface area contributed by atoms with E-state index < -0.39 is 15.9 Å². The summed E-state index contributed by atoms with van der Waals surface area (Å²) in [5.74, 6) is -0.347. The van der Waals surface area contributed by atoms with Crippen LogP contribution in [0.2, 0.25) is 0 Å². The van der Waals surface area contributed by atoms with E-state index in [9.17, 15) is 13.2 Å². The molecule has 0 spiro atoms. The Kier molecular flexibility index (Phi) is 4.91. The Morgan fingerprint density at radius 2 is 2.12 bits per heavy atom. The molecule has 0 heterocycles. The van der Waals surface area contributed by atoms with Crippen molar-refractivity contribution in [2.45, 2.75) is 37.5 Å². The lowest BCUT2D eigenvalue weighted by Gasteiger charge is -2.35. The first-order valence-corrected chi connectivity index (χ1v) is 7.64. The zero-order valence-corrected chi connectivity index (χ0v) is 11.0. The molecule has 0 aromatic carbocycles. The van der Waals surface area contributed by atoms with E-state index in [1.807, 2.05) is 0 Å². The van der Waals surface area contributed by atoms with Crippen LogP contribution in [0.4, 0.5) is 0 Å². The minimum absolute atomic E-state index is 0.0626. The van der Waals surface area contributed by atoms with Gasteiger partial charge in [0, 0.05) is 19.4 Å². The lowest BCUT2D eigenvalue weighted by atomic mass is 9.89. The second kappa shape index (κ2) is 5.79. The van der Waals surface area contributed by atoms with Crippen LogP contribution >= 0.6 is 0 Å². The molecule has 1 rings (SSSR count). The average molecular weight is 264 g/mol. The monoisotopic (exact) mass is 264 g/mol. The summed E-state index contributed by atoms with van der Waals surface area (Å²) in [4.78, 5) is 11.6. The Morgan fingerprint density at radius 1 is 1.53 bits per heavy atom. The quantitative estimate of drug-likeness (QED) is 0.644. The Hall–Kier alpha value is -0.660. The number of hydrogen-bond acceptors (Lipinski definition) is 5. The molecule has 0 aliphatic heterocycles. The van der Waals surface area contributed by atoms with Gasteiger partial charge in [-0.15, -0.1) is 0 Å². The third kappa shape index (κ3) is 5.01. The number of methoxy groups -OCH3 is 1. The van der Waals surface area contributed by atoms with Crippen molar-refractivity contribution >= 4 is 15.7 Å². The van der Waals surface area contributed by atoms with Gasteiger partial charge < -0.3 is 15.8 Å². The molecule has 7 heteroatoms. The molecule has 3 N–H and O–H groups in total. The third-order valence-electron chi connectivity index (χ3n) is 2.91. The number of hydrogen-bond donors (Lipinski definition) is 2. The number of rotatable bonds is 6. The highest BCUT2D eigenvalue weighted by Gasteiger charge is 2.31. The molecule has 1 atom stereocenters. The van der Waals surface area contributed by atoms with Gasteiger partial charge in [-0.1, -0.05) is 0 Å². The van der Waals surface area contributed by atoms with E-state index >= 15 is 0 Å². The second-order valence-electron chi connectivity index (χ2n) is 4.56. The van der Waals surface area contributed by atoms with E-state index in [0.717, 1.165) is 19.1 Å². The Morgan fingerprint density at radius 3 is 2.59 bits per heavy atom. The lowest BCUT2D eigenvalue weighted by molar-refractivity contribution is -0.124. The Balaban J connectivity index is 2.24. The SMILES string of the molecule is COC1CC(NC(=O)C(N)CCS(C)(=O)=O)C1. The maximum absolute atomic E-state index is 11.6. The first-order chi connectivity index (χ1) is 7.81. The van der Waals surface area contributed by atoms with Gasteiger partial charge in [0.25, 0.3) is 0 Å². The Labute approximate surface area is 102 Å². The number of carbonyl (C=O) groups excluding carboxylic acids is 1. The van der Waals surface area contributed by atoms with Crippen LogP contribution in [0, 0.1) is 0 Å². The van der Waals surface area contributed by atoms with Crippen LogP contribution in [0.15, 0.2) is 0 Å². The molecule has 0 saturated heterocycles. The van der Waals surface area contributed by atoms with Gasteiger partial charge in [0.1, 0.15) is 9.84 Å². The Bertz CT molecular complexity index is 363. The number of carbonyl (C=O) groups is 1. The summed E-state index contributed by atoms with van der Waals surface area (Å²) < 4.78 is 26.9. The summed E-state index contributed by atoms with van der Waals surface area (Å²) in [6, 6.07) is -0.650. The van der Waals surface area contributed by atoms with Crippen LogP contribution < -0.4 is 11.1 Å². The van der Waals surface area contributed by atoms with Gasteiger partial charge in [0.05, 0.1) is 17.9 Å². The molecular weight excluding hydrogens is 244 g/mol. The van der Waals surface area contributed by atoms with Crippen LogP contribution in [-0.4, -0.2) is 51.6 Å². The topological polar surface area (TPSA) is 98.5 Å². The predicted molar refractivity (Wildman–Crippen MR) is 64.3 cm³/mol. The van der Waals surface area contributed by atoms with E-state index in [4.69, 9.17) is 10.5 Å². The van der Waals surface area contributed by atoms with Gasteiger partial charge in [-0.2, -0.15) is 0 Å². The second-order valence-corrected chi connectivity index (χ2v) is 6.82. The molecule has 1 fully saturated rings. The van der Waals surface area contributed by atoms with E-state index in [1.165, 1.54) is 0 Å². The molecule has 1 amide bonds. The zero-order valence-electron chi connectivity index (χ0n) is 10.2. The maximum atomic E-state index is 11.6. The average Bonchev–Trinajstić information content (AvgIpc) is 2.17. The smallest absolute Gasteiger partial charge is 0.237 e. The molecule has 1 unspecified atom stereocenters. The summed E-state index contributed by atoms with van der Waals surface area (Å²) in [5, 5.41) is 2.78. The highest BCUT2D eigenvalue weighted by molar-refractivity contribution is 7.90. The van der Waals surface area contributed by atoms with Crippen LogP contribution in [-0.2, 0) is 19.4 Å². The summed E-state index contributed by atoms with van der Waals surface area (Å²) in [6.45, 7) is 0. The summed E-state index contributed by atoms with van der Waals surface area (Å²) in [7, 11) is -1.43.